The molecular formula is C17H12Cl2FNO2S2. The van der Waals surface area contributed by atoms with Crippen LogP contribution in [0.3, 0.4) is 0 Å². The Hall–Kier alpha value is -1.47. The van der Waals surface area contributed by atoms with Crippen LogP contribution in [0.4, 0.5) is 4.39 Å². The summed E-state index contributed by atoms with van der Waals surface area (Å²) in [6.07, 6.45) is 0. The van der Waals surface area contributed by atoms with E-state index >= 15 is 0 Å². The Labute approximate surface area is 159 Å². The van der Waals surface area contributed by atoms with Gasteiger partial charge in [0.25, 0.3) is 0 Å². The molecule has 8 heteroatoms. The molecule has 0 bridgehead atoms. The first-order chi connectivity index (χ1) is 11.8. The molecule has 1 aromatic heterocycles. The Kier molecular flexibility index (Phi) is 5.43. The smallest absolute Gasteiger partial charge is 0.160 e. The van der Waals surface area contributed by atoms with E-state index in [2.05, 4.69) is 4.98 Å². The van der Waals surface area contributed by atoms with Crippen molar-refractivity contribution in [2.45, 2.75) is 11.5 Å². The minimum atomic E-state index is -3.50. The Morgan fingerprint density at radius 1 is 1.04 bits per heavy atom. The lowest BCUT2D eigenvalue weighted by molar-refractivity contribution is 0.593. The van der Waals surface area contributed by atoms with Gasteiger partial charge in [0.2, 0.25) is 0 Å². The molecular weight excluding hydrogens is 404 g/mol. The number of aromatic nitrogens is 1. The average molecular weight is 416 g/mol. The molecule has 3 rings (SSSR count). The van der Waals surface area contributed by atoms with Crippen LogP contribution in [0.15, 0.2) is 47.8 Å². The van der Waals surface area contributed by atoms with Gasteiger partial charge >= 0.3 is 0 Å². The molecule has 0 amide bonds. The summed E-state index contributed by atoms with van der Waals surface area (Å²) in [4.78, 5) is 4.37. The third kappa shape index (κ3) is 4.58. The molecule has 0 aliphatic rings. The molecule has 25 heavy (non-hydrogen) atoms. The molecule has 0 aliphatic carbocycles. The summed E-state index contributed by atoms with van der Waals surface area (Å²) in [6.45, 7) is 0. The van der Waals surface area contributed by atoms with Crippen molar-refractivity contribution in [1.29, 1.82) is 0 Å². The number of rotatable bonds is 5. The maximum absolute atomic E-state index is 13.1. The molecule has 130 valence electrons. The summed E-state index contributed by atoms with van der Waals surface area (Å²) in [5.41, 5.74) is 1.57. The number of halogens is 3. The van der Waals surface area contributed by atoms with E-state index in [-0.39, 0.29) is 16.5 Å². The lowest BCUT2D eigenvalue weighted by Gasteiger charge is -2.05. The van der Waals surface area contributed by atoms with Gasteiger partial charge in [-0.3, -0.25) is 0 Å². The molecule has 0 aliphatic heterocycles. The number of nitrogens with zero attached hydrogens (tertiary/aromatic N) is 1. The fourth-order valence-electron chi connectivity index (χ4n) is 2.28. The summed E-state index contributed by atoms with van der Waals surface area (Å²) in [5.74, 6) is -0.998. The van der Waals surface area contributed by atoms with E-state index in [1.807, 2.05) is 18.2 Å². The number of benzene rings is 2. The van der Waals surface area contributed by atoms with Crippen molar-refractivity contribution in [3.63, 3.8) is 0 Å². The minimum absolute atomic E-state index is 0.0959. The zero-order chi connectivity index (χ0) is 18.0. The van der Waals surface area contributed by atoms with Crippen molar-refractivity contribution in [2.75, 3.05) is 0 Å². The van der Waals surface area contributed by atoms with Crippen LogP contribution in [0.5, 0.6) is 0 Å². The monoisotopic (exact) mass is 415 g/mol. The molecule has 0 unspecified atom stereocenters. The first-order valence-corrected chi connectivity index (χ1v) is 10.6. The van der Waals surface area contributed by atoms with Crippen molar-refractivity contribution < 1.29 is 12.8 Å². The van der Waals surface area contributed by atoms with E-state index in [0.29, 0.717) is 21.3 Å². The van der Waals surface area contributed by atoms with Crippen molar-refractivity contribution >= 4 is 44.4 Å². The Balaban J connectivity index is 1.79. The van der Waals surface area contributed by atoms with E-state index in [0.717, 1.165) is 11.6 Å². The molecule has 0 saturated carbocycles. The van der Waals surface area contributed by atoms with Gasteiger partial charge < -0.3 is 0 Å². The molecule has 0 N–H and O–H groups in total. The van der Waals surface area contributed by atoms with Gasteiger partial charge in [0.05, 0.1) is 22.2 Å². The summed E-state index contributed by atoms with van der Waals surface area (Å²) < 4.78 is 37.9. The van der Waals surface area contributed by atoms with E-state index in [1.54, 1.807) is 11.4 Å². The van der Waals surface area contributed by atoms with Gasteiger partial charge in [0.15, 0.2) is 9.84 Å². The van der Waals surface area contributed by atoms with E-state index in [4.69, 9.17) is 23.2 Å². The van der Waals surface area contributed by atoms with Crippen LogP contribution >= 0.6 is 34.5 Å². The van der Waals surface area contributed by atoms with Crippen molar-refractivity contribution in [3.8, 4) is 10.6 Å². The van der Waals surface area contributed by atoms with Crippen LogP contribution < -0.4 is 0 Å². The van der Waals surface area contributed by atoms with Gasteiger partial charge in [-0.05, 0) is 23.8 Å². The Bertz CT molecular complexity index is 1020. The van der Waals surface area contributed by atoms with Crippen LogP contribution in [0.25, 0.3) is 10.6 Å². The molecule has 3 aromatic rings. The predicted molar refractivity (Wildman–Crippen MR) is 100 cm³/mol. The zero-order valence-corrected chi connectivity index (χ0v) is 15.9. The fourth-order valence-corrected chi connectivity index (χ4v) is 5.27. The molecule has 0 saturated heterocycles. The maximum atomic E-state index is 13.1. The molecule has 0 atom stereocenters. The van der Waals surface area contributed by atoms with Crippen LogP contribution in [-0.2, 0) is 21.3 Å². The van der Waals surface area contributed by atoms with Crippen LogP contribution in [0, 0.1) is 5.82 Å². The maximum Gasteiger partial charge on any atom is 0.160 e. The molecule has 0 fully saturated rings. The quantitative estimate of drug-likeness (QED) is 0.562. The van der Waals surface area contributed by atoms with Crippen molar-refractivity contribution in [2.24, 2.45) is 0 Å². The lowest BCUT2D eigenvalue weighted by Crippen LogP contribution is -2.08. The first kappa shape index (κ1) is 18.3. The predicted octanol–water partition coefficient (Wildman–Crippen LogP) is 5.37. The SMILES string of the molecule is O=S(=O)(Cc1csc(-c2ccccc2Cl)n1)Cc1ccc(F)cc1Cl. The second-order valence-electron chi connectivity index (χ2n) is 5.39. The Morgan fingerprint density at radius 3 is 2.52 bits per heavy atom. The highest BCUT2D eigenvalue weighted by atomic mass is 35.5. The standard InChI is InChI=1S/C17H12Cl2FNO2S2/c18-15-4-2-1-3-14(15)17-21-13(8-24-17)10-25(22,23)9-11-5-6-12(20)7-16(11)19/h1-8H,9-10H2. The number of hydrogen-bond acceptors (Lipinski definition) is 4. The second-order valence-corrected chi connectivity index (χ2v) is 9.13. The Morgan fingerprint density at radius 2 is 1.80 bits per heavy atom. The van der Waals surface area contributed by atoms with Gasteiger partial charge in [0, 0.05) is 16.0 Å². The van der Waals surface area contributed by atoms with Gasteiger partial charge in [-0.25, -0.2) is 17.8 Å². The highest BCUT2D eigenvalue weighted by molar-refractivity contribution is 7.89. The first-order valence-electron chi connectivity index (χ1n) is 7.18. The summed E-state index contributed by atoms with van der Waals surface area (Å²) in [5, 5.41) is 3.02. The number of thiazole rings is 1. The van der Waals surface area contributed by atoms with Crippen LogP contribution in [-0.4, -0.2) is 13.4 Å². The van der Waals surface area contributed by atoms with Gasteiger partial charge in [-0.15, -0.1) is 11.3 Å². The molecule has 0 radical (unpaired) electrons. The zero-order valence-electron chi connectivity index (χ0n) is 12.7. The largest absolute Gasteiger partial charge is 0.240 e. The second kappa shape index (κ2) is 7.41. The third-order valence-corrected chi connectivity index (χ3v) is 6.51. The van der Waals surface area contributed by atoms with E-state index in [9.17, 15) is 12.8 Å². The molecule has 1 heterocycles. The highest BCUT2D eigenvalue weighted by Gasteiger charge is 2.18. The highest BCUT2D eigenvalue weighted by Crippen LogP contribution is 2.31. The molecule has 0 spiro atoms. The fraction of sp³-hybridized carbons (Fsp3) is 0.118. The average Bonchev–Trinajstić information content (AvgIpc) is 2.98. The van der Waals surface area contributed by atoms with Crippen molar-refractivity contribution in [3.05, 3.63) is 75.0 Å². The summed E-state index contributed by atoms with van der Waals surface area (Å²) in [7, 11) is -3.50. The van der Waals surface area contributed by atoms with Gasteiger partial charge in [0.1, 0.15) is 10.8 Å². The van der Waals surface area contributed by atoms with Gasteiger partial charge in [-0.1, -0.05) is 47.5 Å². The molecule has 2 aromatic carbocycles. The molecule has 3 nitrogen and oxygen atoms in total. The summed E-state index contributed by atoms with van der Waals surface area (Å²) >= 11 is 13.4. The minimum Gasteiger partial charge on any atom is -0.240 e. The normalized spacial score (nSPS) is 11.6. The number of sulfone groups is 1. The third-order valence-electron chi connectivity index (χ3n) is 3.41. The van der Waals surface area contributed by atoms with Crippen molar-refractivity contribution in [1.82, 2.24) is 4.98 Å². The number of hydrogen-bond donors (Lipinski definition) is 0. The summed E-state index contributed by atoms with van der Waals surface area (Å²) in [6, 6.07) is 10.9. The van der Waals surface area contributed by atoms with E-state index < -0.39 is 15.7 Å². The van der Waals surface area contributed by atoms with Crippen LogP contribution in [0.2, 0.25) is 10.0 Å². The van der Waals surface area contributed by atoms with Crippen LogP contribution in [0.1, 0.15) is 11.3 Å². The van der Waals surface area contributed by atoms with E-state index in [1.165, 1.54) is 23.5 Å². The lowest BCUT2D eigenvalue weighted by atomic mass is 10.2. The van der Waals surface area contributed by atoms with Gasteiger partial charge in [-0.2, -0.15) is 0 Å². The topological polar surface area (TPSA) is 47.0 Å².